The van der Waals surface area contributed by atoms with Crippen LogP contribution < -0.4 is 0 Å². The van der Waals surface area contributed by atoms with Crippen LogP contribution in [0.25, 0.3) is 0 Å². The quantitative estimate of drug-likeness (QED) is 0.203. The third-order valence-electron chi connectivity index (χ3n) is 6.50. The van der Waals surface area contributed by atoms with Crippen molar-refractivity contribution in [1.29, 1.82) is 0 Å². The van der Waals surface area contributed by atoms with Gasteiger partial charge in [0.05, 0.1) is 6.73 Å². The largest absolute Gasteiger partial charge is 0.366 e. The van der Waals surface area contributed by atoms with Crippen LogP contribution in [0, 0.1) is 0 Å². The van der Waals surface area contributed by atoms with E-state index in [2.05, 4.69) is 18.7 Å². The molecule has 1 rings (SSSR count). The van der Waals surface area contributed by atoms with E-state index in [9.17, 15) is 0 Å². The Labute approximate surface area is 178 Å². The lowest BCUT2D eigenvalue weighted by atomic mass is 10.0. The van der Waals surface area contributed by atoms with Crippen LogP contribution in [-0.4, -0.2) is 30.8 Å². The minimum Gasteiger partial charge on any atom is -0.366 e. The predicted octanol–water partition coefficient (Wildman–Crippen LogP) is 8.49. The molecule has 1 aliphatic rings. The second-order valence-corrected chi connectivity index (χ2v) is 9.24. The van der Waals surface area contributed by atoms with Crippen LogP contribution in [0.3, 0.4) is 0 Å². The zero-order valence-corrected chi connectivity index (χ0v) is 19.7. The average molecular weight is 396 g/mol. The molecule has 0 unspecified atom stereocenters. The van der Waals surface area contributed by atoms with Gasteiger partial charge in [-0.1, -0.05) is 117 Å². The van der Waals surface area contributed by atoms with Gasteiger partial charge in [-0.05, 0) is 25.7 Å². The highest BCUT2D eigenvalue weighted by atomic mass is 16.5. The molecule has 1 saturated carbocycles. The zero-order valence-electron chi connectivity index (χ0n) is 19.7. The Hall–Kier alpha value is -0.0800. The summed E-state index contributed by atoms with van der Waals surface area (Å²) in [6, 6.07) is 0.768. The summed E-state index contributed by atoms with van der Waals surface area (Å²) in [4.78, 5) is 2.72. The van der Waals surface area contributed by atoms with Crippen molar-refractivity contribution in [3.8, 4) is 0 Å². The van der Waals surface area contributed by atoms with Crippen LogP contribution in [0.1, 0.15) is 142 Å². The molecular weight excluding hydrogens is 342 g/mol. The summed E-state index contributed by atoms with van der Waals surface area (Å²) in [6.07, 6.45) is 28.3. The third kappa shape index (κ3) is 14.9. The van der Waals surface area contributed by atoms with Gasteiger partial charge in [0, 0.05) is 19.2 Å². The molecular formula is C26H53NO. The Bertz CT molecular complexity index is 295. The van der Waals surface area contributed by atoms with Gasteiger partial charge in [-0.15, -0.1) is 0 Å². The van der Waals surface area contributed by atoms with Gasteiger partial charge in [0.25, 0.3) is 0 Å². The lowest BCUT2D eigenvalue weighted by Crippen LogP contribution is -2.38. The fourth-order valence-electron chi connectivity index (χ4n) is 4.63. The van der Waals surface area contributed by atoms with Crippen molar-refractivity contribution in [3.63, 3.8) is 0 Å². The van der Waals surface area contributed by atoms with Crippen molar-refractivity contribution < 1.29 is 4.74 Å². The summed E-state index contributed by atoms with van der Waals surface area (Å²) < 4.78 is 6.01. The number of rotatable bonds is 15. The monoisotopic (exact) mass is 395 g/mol. The number of hydrogen-bond acceptors (Lipinski definition) is 2. The van der Waals surface area contributed by atoms with E-state index in [1.165, 1.54) is 129 Å². The molecule has 0 atom stereocenters. The molecule has 0 bridgehead atoms. The second kappa shape index (κ2) is 20.2. The van der Waals surface area contributed by atoms with E-state index < -0.39 is 0 Å². The van der Waals surface area contributed by atoms with Crippen LogP contribution in [0.15, 0.2) is 0 Å². The Morgan fingerprint density at radius 1 is 0.607 bits per heavy atom. The maximum absolute atomic E-state index is 6.01. The van der Waals surface area contributed by atoms with Crippen molar-refractivity contribution in [2.24, 2.45) is 0 Å². The molecule has 2 nitrogen and oxygen atoms in total. The van der Waals surface area contributed by atoms with Gasteiger partial charge in [-0.3, -0.25) is 4.90 Å². The van der Waals surface area contributed by atoms with Gasteiger partial charge < -0.3 is 4.74 Å². The number of hydrogen-bond donors (Lipinski definition) is 0. The Morgan fingerprint density at radius 2 is 1.11 bits per heavy atom. The molecule has 0 amide bonds. The van der Waals surface area contributed by atoms with E-state index in [-0.39, 0.29) is 0 Å². The fraction of sp³-hybridized carbons (Fsp3) is 1.00. The molecule has 2 heteroatoms. The van der Waals surface area contributed by atoms with Gasteiger partial charge in [0.1, 0.15) is 0 Å². The van der Waals surface area contributed by atoms with Crippen molar-refractivity contribution in [3.05, 3.63) is 0 Å². The van der Waals surface area contributed by atoms with E-state index in [0.717, 1.165) is 25.8 Å². The molecule has 28 heavy (non-hydrogen) atoms. The molecule has 1 aliphatic carbocycles. The average Bonchev–Trinajstić information content (AvgIpc) is 2.77. The van der Waals surface area contributed by atoms with Gasteiger partial charge in [-0.25, -0.2) is 0 Å². The van der Waals surface area contributed by atoms with E-state index in [1.807, 2.05) is 0 Å². The van der Waals surface area contributed by atoms with Gasteiger partial charge in [-0.2, -0.15) is 0 Å². The Morgan fingerprint density at radius 3 is 1.64 bits per heavy atom. The van der Waals surface area contributed by atoms with E-state index in [0.29, 0.717) is 0 Å². The van der Waals surface area contributed by atoms with Crippen LogP contribution in [-0.2, 0) is 4.74 Å². The molecule has 0 N–H and O–H groups in total. The van der Waals surface area contributed by atoms with Crippen LogP contribution in [0.5, 0.6) is 0 Å². The molecule has 0 saturated heterocycles. The first-order chi connectivity index (χ1) is 13.9. The van der Waals surface area contributed by atoms with E-state index >= 15 is 0 Å². The van der Waals surface area contributed by atoms with Crippen molar-refractivity contribution in [1.82, 2.24) is 4.90 Å². The molecule has 0 aromatic carbocycles. The van der Waals surface area contributed by atoms with Crippen LogP contribution in [0.2, 0.25) is 0 Å². The van der Waals surface area contributed by atoms with E-state index in [4.69, 9.17) is 4.74 Å². The smallest absolute Gasteiger partial charge is 0.0992 e. The molecule has 0 spiro atoms. The Kier molecular flexibility index (Phi) is 18.7. The summed E-state index contributed by atoms with van der Waals surface area (Å²) in [7, 11) is 0. The number of ether oxygens (including phenoxy) is 1. The highest BCUT2D eigenvalue weighted by Crippen LogP contribution is 2.21. The standard InChI is InChI=1S/C26H53NO/c1-3-5-6-7-8-11-14-17-20-23-27(25-28-24-4-2)26-21-18-15-12-9-10-13-16-19-22-26/h26H,3-25H2,1-2H3. The zero-order chi connectivity index (χ0) is 20.1. The maximum Gasteiger partial charge on any atom is 0.0992 e. The van der Waals surface area contributed by atoms with E-state index in [1.54, 1.807) is 0 Å². The van der Waals surface area contributed by atoms with Crippen LogP contribution in [0.4, 0.5) is 0 Å². The molecule has 0 heterocycles. The molecule has 0 radical (unpaired) electrons. The molecule has 1 fully saturated rings. The first-order valence-corrected chi connectivity index (χ1v) is 13.2. The molecule has 0 aromatic heterocycles. The number of nitrogens with zero attached hydrogens (tertiary/aromatic N) is 1. The van der Waals surface area contributed by atoms with Crippen molar-refractivity contribution in [2.45, 2.75) is 148 Å². The second-order valence-electron chi connectivity index (χ2n) is 9.24. The molecule has 168 valence electrons. The highest BCUT2D eigenvalue weighted by Gasteiger charge is 2.18. The van der Waals surface area contributed by atoms with Crippen molar-refractivity contribution in [2.75, 3.05) is 19.9 Å². The SMILES string of the molecule is CCCCCCCCCCCN(COCCC)C1CCCCCCCCCC1. The lowest BCUT2D eigenvalue weighted by molar-refractivity contribution is -0.00147. The highest BCUT2D eigenvalue weighted by molar-refractivity contribution is 4.72. The summed E-state index contributed by atoms with van der Waals surface area (Å²) in [5.41, 5.74) is 0. The summed E-state index contributed by atoms with van der Waals surface area (Å²) in [5.74, 6) is 0. The minimum absolute atomic E-state index is 0.768. The van der Waals surface area contributed by atoms with Gasteiger partial charge in [0.2, 0.25) is 0 Å². The molecule has 0 aromatic rings. The molecule has 0 aliphatic heterocycles. The summed E-state index contributed by atoms with van der Waals surface area (Å²) in [5, 5.41) is 0. The number of unbranched alkanes of at least 4 members (excludes halogenated alkanes) is 8. The topological polar surface area (TPSA) is 12.5 Å². The summed E-state index contributed by atoms with van der Waals surface area (Å²) in [6.45, 7) is 7.56. The fourth-order valence-corrected chi connectivity index (χ4v) is 4.63. The third-order valence-corrected chi connectivity index (χ3v) is 6.50. The van der Waals surface area contributed by atoms with Gasteiger partial charge in [0.15, 0.2) is 0 Å². The first-order valence-electron chi connectivity index (χ1n) is 13.2. The van der Waals surface area contributed by atoms with Gasteiger partial charge >= 0.3 is 0 Å². The van der Waals surface area contributed by atoms with Crippen molar-refractivity contribution >= 4 is 0 Å². The first kappa shape index (κ1) is 26.0. The summed E-state index contributed by atoms with van der Waals surface area (Å²) >= 11 is 0. The lowest BCUT2D eigenvalue weighted by Gasteiger charge is -2.32. The normalized spacial score (nSPS) is 17.7. The maximum atomic E-state index is 6.01. The predicted molar refractivity (Wildman–Crippen MR) is 125 cm³/mol. The minimum atomic E-state index is 0.768. The van der Waals surface area contributed by atoms with Crippen LogP contribution >= 0.6 is 0 Å². The Balaban J connectivity index is 2.31.